The van der Waals surface area contributed by atoms with E-state index < -0.39 is 0 Å². The maximum atomic E-state index is 12.0. The van der Waals surface area contributed by atoms with Gasteiger partial charge in [-0.15, -0.1) is 11.5 Å². The predicted octanol–water partition coefficient (Wildman–Crippen LogP) is 7.96. The van der Waals surface area contributed by atoms with Crippen LogP contribution in [0.4, 0.5) is 11.4 Å². The second-order valence-corrected chi connectivity index (χ2v) is 12.9. The van der Waals surface area contributed by atoms with Crippen molar-refractivity contribution in [3.8, 4) is 11.5 Å². The number of aliphatic imine (C=N–C) groups is 2. The summed E-state index contributed by atoms with van der Waals surface area (Å²) in [7, 11) is 0. The van der Waals surface area contributed by atoms with Gasteiger partial charge in [0, 0.05) is 6.42 Å². The Morgan fingerprint density at radius 2 is 1.02 bits per heavy atom. The number of rotatable bonds is 2. The summed E-state index contributed by atoms with van der Waals surface area (Å²) in [6.07, 6.45) is 0.897. The topological polar surface area (TPSA) is 80.1 Å². The van der Waals surface area contributed by atoms with Crippen molar-refractivity contribution in [2.24, 2.45) is 9.98 Å². The van der Waals surface area contributed by atoms with Crippen LogP contribution < -0.4 is 10.2 Å². The minimum absolute atomic E-state index is 0. The fourth-order valence-corrected chi connectivity index (χ4v) is 4.79. The SMILES string of the molecule is CC(C)(C)c1ccc(C(C)(C)C)c([O-])c1[O-].Cc1cccc(C)c1N=C1CC(C)OC1=Nc1c(C)cccc1C.[Ni+2]. The molecule has 0 N–H and O–H groups in total. The van der Waals surface area contributed by atoms with Crippen LogP contribution >= 0.6 is 0 Å². The number of hydrogen-bond acceptors (Lipinski definition) is 5. The van der Waals surface area contributed by atoms with Crippen LogP contribution in [0, 0.1) is 27.7 Å². The molecule has 3 aromatic carbocycles. The van der Waals surface area contributed by atoms with Gasteiger partial charge >= 0.3 is 16.5 Å². The van der Waals surface area contributed by atoms with Crippen molar-refractivity contribution in [1.82, 2.24) is 0 Å². The summed E-state index contributed by atoms with van der Waals surface area (Å²) in [5.41, 5.74) is 8.25. The number of nitrogens with zero attached hydrogens (tertiary/aromatic N) is 2. The van der Waals surface area contributed by atoms with E-state index in [1.54, 1.807) is 12.1 Å². The largest absolute Gasteiger partial charge is 2.00 e. The first-order valence-corrected chi connectivity index (χ1v) is 14.0. The zero-order chi connectivity index (χ0) is 30.0. The van der Waals surface area contributed by atoms with Crippen LogP contribution in [0.2, 0.25) is 0 Å². The van der Waals surface area contributed by atoms with Crippen LogP contribution in [-0.2, 0) is 32.1 Å². The summed E-state index contributed by atoms with van der Waals surface area (Å²) >= 11 is 0. The number of ether oxygens (including phenoxy) is 1. The maximum absolute atomic E-state index is 12.0. The third kappa shape index (κ3) is 8.23. The molecule has 1 saturated heterocycles. The quantitative estimate of drug-likeness (QED) is 0.281. The third-order valence-corrected chi connectivity index (χ3v) is 7.11. The Labute approximate surface area is 256 Å². The minimum atomic E-state index is -0.347. The van der Waals surface area contributed by atoms with Crippen molar-refractivity contribution in [1.29, 1.82) is 0 Å². The molecule has 3 aromatic rings. The molecule has 6 heteroatoms. The van der Waals surface area contributed by atoms with Gasteiger partial charge in [-0.1, -0.05) is 101 Å². The molecule has 0 amide bonds. The molecular weight excluding hydrogens is 555 g/mol. The van der Waals surface area contributed by atoms with E-state index in [0.717, 1.165) is 34.6 Å². The first kappa shape index (κ1) is 34.1. The normalized spacial score (nSPS) is 17.1. The molecule has 0 aliphatic carbocycles. The van der Waals surface area contributed by atoms with E-state index in [9.17, 15) is 10.2 Å². The van der Waals surface area contributed by atoms with Gasteiger partial charge in [-0.25, -0.2) is 9.98 Å². The Hall–Kier alpha value is -3.11. The van der Waals surface area contributed by atoms with Crippen molar-refractivity contribution < 1.29 is 31.4 Å². The first-order chi connectivity index (χ1) is 18.5. The van der Waals surface area contributed by atoms with Crippen molar-refractivity contribution in [3.05, 3.63) is 81.9 Å². The smallest absolute Gasteiger partial charge is 0.873 e. The average molecular weight is 599 g/mol. The van der Waals surface area contributed by atoms with E-state index in [-0.39, 0.29) is 44.9 Å². The number of para-hydroxylation sites is 2. The fraction of sp³-hybridized carbons (Fsp3) is 0.429. The van der Waals surface area contributed by atoms with E-state index in [4.69, 9.17) is 14.7 Å². The van der Waals surface area contributed by atoms with Crippen LogP contribution in [0.15, 0.2) is 58.5 Å². The molecule has 0 bridgehead atoms. The van der Waals surface area contributed by atoms with Crippen LogP contribution in [0.1, 0.15) is 88.3 Å². The Kier molecular flexibility index (Phi) is 11.0. The Bertz CT molecular complexity index is 1290. The molecule has 1 aliphatic rings. The van der Waals surface area contributed by atoms with Gasteiger partial charge in [0.05, 0.1) is 11.4 Å². The standard InChI is InChI=1S/C21H24N2O.C14H22O2.Ni/c1-13-8-6-9-14(2)19(13)22-18-12-17(5)24-21(18)23-20-15(3)10-7-11-16(20)4;1-13(2,3)9-7-8-10(14(4,5)6)12(16)11(9)15;/h6-11,17H,12H2,1-5H3;7-8,15-16H,1-6H3;/q;;+2/p-2. The second-order valence-electron chi connectivity index (χ2n) is 12.9. The Morgan fingerprint density at radius 1 is 0.659 bits per heavy atom. The van der Waals surface area contributed by atoms with E-state index >= 15 is 0 Å². The van der Waals surface area contributed by atoms with Gasteiger partial charge in [0.1, 0.15) is 11.8 Å². The third-order valence-electron chi connectivity index (χ3n) is 7.11. The van der Waals surface area contributed by atoms with E-state index in [1.165, 1.54) is 11.1 Å². The average Bonchev–Trinajstić information content (AvgIpc) is 3.18. The van der Waals surface area contributed by atoms with Crippen LogP contribution in [0.3, 0.4) is 0 Å². The zero-order valence-electron chi connectivity index (χ0n) is 26.3. The molecule has 0 spiro atoms. The predicted molar refractivity (Wildman–Crippen MR) is 164 cm³/mol. The van der Waals surface area contributed by atoms with Crippen molar-refractivity contribution in [2.75, 3.05) is 0 Å². The van der Waals surface area contributed by atoms with Gasteiger partial charge in [0.15, 0.2) is 0 Å². The monoisotopic (exact) mass is 598 g/mol. The molecule has 1 atom stereocenters. The maximum Gasteiger partial charge on any atom is 2.00 e. The van der Waals surface area contributed by atoms with Gasteiger partial charge < -0.3 is 14.9 Å². The molecule has 1 heterocycles. The summed E-state index contributed by atoms with van der Waals surface area (Å²) in [6, 6.07) is 16.0. The summed E-state index contributed by atoms with van der Waals surface area (Å²) in [6.45, 7) is 22.1. The molecule has 222 valence electrons. The van der Waals surface area contributed by atoms with Crippen molar-refractivity contribution in [2.45, 2.75) is 99.5 Å². The second kappa shape index (κ2) is 13.3. The summed E-state index contributed by atoms with van der Waals surface area (Å²) in [4.78, 5) is 9.71. The molecule has 1 unspecified atom stereocenters. The molecule has 4 rings (SSSR count). The molecule has 0 saturated carbocycles. The molecule has 0 aromatic heterocycles. The molecular formula is C35H44N2NiO3. The van der Waals surface area contributed by atoms with Crippen LogP contribution in [0.5, 0.6) is 11.5 Å². The van der Waals surface area contributed by atoms with Gasteiger partial charge in [0.25, 0.3) is 0 Å². The summed E-state index contributed by atoms with van der Waals surface area (Å²) < 4.78 is 5.96. The number of aryl methyl sites for hydroxylation is 4. The zero-order valence-corrected chi connectivity index (χ0v) is 27.3. The first-order valence-electron chi connectivity index (χ1n) is 14.0. The minimum Gasteiger partial charge on any atom is -0.873 e. The Morgan fingerprint density at radius 3 is 1.39 bits per heavy atom. The summed E-state index contributed by atoms with van der Waals surface area (Å²) in [5, 5.41) is 23.9. The van der Waals surface area contributed by atoms with Gasteiger partial charge in [-0.3, -0.25) is 0 Å². The van der Waals surface area contributed by atoms with Crippen molar-refractivity contribution in [3.63, 3.8) is 0 Å². The van der Waals surface area contributed by atoms with Crippen molar-refractivity contribution >= 4 is 23.0 Å². The van der Waals surface area contributed by atoms with Gasteiger partial charge in [-0.05, 0) is 67.7 Å². The number of benzene rings is 3. The summed E-state index contributed by atoms with van der Waals surface area (Å²) in [5.74, 6) is -0.0394. The molecule has 1 aliphatic heterocycles. The van der Waals surface area contributed by atoms with E-state index in [0.29, 0.717) is 17.0 Å². The number of hydrogen-bond donors (Lipinski definition) is 0. The van der Waals surface area contributed by atoms with E-state index in [2.05, 4.69) is 71.0 Å². The molecule has 41 heavy (non-hydrogen) atoms. The Balaban J connectivity index is 0.000000304. The van der Waals surface area contributed by atoms with Crippen LogP contribution in [0.25, 0.3) is 0 Å². The van der Waals surface area contributed by atoms with Gasteiger partial charge in [0.2, 0.25) is 5.90 Å². The van der Waals surface area contributed by atoms with Gasteiger partial charge in [-0.2, -0.15) is 0 Å². The van der Waals surface area contributed by atoms with E-state index in [1.807, 2.05) is 41.5 Å². The molecule has 1 fully saturated rings. The molecule has 5 nitrogen and oxygen atoms in total. The van der Waals surface area contributed by atoms with Crippen LogP contribution in [-0.4, -0.2) is 17.7 Å². The fourth-order valence-electron chi connectivity index (χ4n) is 4.79. The molecule has 0 radical (unpaired) electrons.